The highest BCUT2D eigenvalue weighted by atomic mass is 16.5. The lowest BCUT2D eigenvalue weighted by Crippen LogP contribution is -2.40. The van der Waals surface area contributed by atoms with Gasteiger partial charge in [0, 0.05) is 22.7 Å². The molecule has 0 atom stereocenters. The lowest BCUT2D eigenvalue weighted by molar-refractivity contribution is 0.434. The number of pyridine rings is 2. The third-order valence-corrected chi connectivity index (χ3v) is 10.0. The Bertz CT molecular complexity index is 2450. The Morgan fingerprint density at radius 2 is 1.17 bits per heavy atom. The van der Waals surface area contributed by atoms with E-state index in [9.17, 15) is 0 Å². The smallest absolute Gasteiger partial charge is 0.132 e. The number of ether oxygens (including phenoxy) is 1. The number of fused-ring (bicyclic) bond motifs is 11. The van der Waals surface area contributed by atoms with E-state index in [0.717, 1.165) is 67.3 Å². The van der Waals surface area contributed by atoms with Crippen molar-refractivity contribution in [3.05, 3.63) is 179 Å². The summed E-state index contributed by atoms with van der Waals surface area (Å²) in [6.45, 7) is 4.36. The molecule has 228 valence electrons. The molecule has 2 aliphatic heterocycles. The van der Waals surface area contributed by atoms with Gasteiger partial charge in [0.05, 0.1) is 57.1 Å². The summed E-state index contributed by atoms with van der Waals surface area (Å²) >= 11 is 0. The van der Waals surface area contributed by atoms with Crippen LogP contribution in [0.3, 0.4) is 0 Å². The second kappa shape index (κ2) is 9.90. The number of aryl methyl sites for hydroxylation is 2. The molecule has 1 spiro atoms. The molecule has 8 aromatic rings. The van der Waals surface area contributed by atoms with Gasteiger partial charge in [-0.25, -0.2) is 0 Å². The number of para-hydroxylation sites is 3. The van der Waals surface area contributed by atoms with E-state index < -0.39 is 5.41 Å². The van der Waals surface area contributed by atoms with Crippen LogP contribution < -0.4 is 9.64 Å². The molecule has 0 bridgehead atoms. The maximum atomic E-state index is 6.60. The summed E-state index contributed by atoms with van der Waals surface area (Å²) in [5, 5.41) is 1.12. The van der Waals surface area contributed by atoms with E-state index in [0.29, 0.717) is 0 Å². The van der Waals surface area contributed by atoms with Crippen LogP contribution in [-0.4, -0.2) is 14.5 Å². The highest BCUT2D eigenvalue weighted by Gasteiger charge is 2.51. The fourth-order valence-corrected chi connectivity index (χ4v) is 8.14. The van der Waals surface area contributed by atoms with E-state index in [1.54, 1.807) is 0 Å². The number of hydrogen-bond acceptors (Lipinski definition) is 4. The Balaban J connectivity index is 1.28. The zero-order valence-electron chi connectivity index (χ0n) is 26.6. The van der Waals surface area contributed by atoms with Gasteiger partial charge in [-0.1, -0.05) is 90.0 Å². The molecule has 0 saturated heterocycles. The molecule has 3 aromatic heterocycles. The molecular weight excluding hydrogens is 589 g/mol. The topological polar surface area (TPSA) is 43.2 Å². The molecule has 0 N–H and O–H groups in total. The number of aromatic nitrogens is 3. The van der Waals surface area contributed by atoms with Crippen LogP contribution in [0.4, 0.5) is 17.1 Å². The molecule has 0 aliphatic carbocycles. The van der Waals surface area contributed by atoms with Crippen molar-refractivity contribution in [3.8, 4) is 17.2 Å². The second-order valence-electron chi connectivity index (χ2n) is 12.8. The van der Waals surface area contributed by atoms with Gasteiger partial charge >= 0.3 is 0 Å². The number of hydrogen-bond donors (Lipinski definition) is 0. The lowest BCUT2D eigenvalue weighted by Gasteiger charge is -2.48. The highest BCUT2D eigenvalue weighted by Crippen LogP contribution is 2.62. The van der Waals surface area contributed by atoms with Crippen molar-refractivity contribution in [2.45, 2.75) is 19.3 Å². The van der Waals surface area contributed by atoms with Gasteiger partial charge in [-0.05, 0) is 73.5 Å². The summed E-state index contributed by atoms with van der Waals surface area (Å²) in [4.78, 5) is 12.0. The van der Waals surface area contributed by atoms with E-state index in [2.05, 4.69) is 145 Å². The van der Waals surface area contributed by atoms with Crippen LogP contribution >= 0.6 is 0 Å². The van der Waals surface area contributed by atoms with Gasteiger partial charge in [0.15, 0.2) is 0 Å². The molecule has 0 fully saturated rings. The molecular formula is C43H30N4O. The van der Waals surface area contributed by atoms with Crippen molar-refractivity contribution < 1.29 is 4.74 Å². The van der Waals surface area contributed by atoms with Gasteiger partial charge in [-0.3, -0.25) is 9.97 Å². The van der Waals surface area contributed by atoms with Gasteiger partial charge < -0.3 is 14.2 Å². The number of benzene rings is 5. The van der Waals surface area contributed by atoms with Gasteiger partial charge in [-0.15, -0.1) is 0 Å². The van der Waals surface area contributed by atoms with E-state index >= 15 is 0 Å². The number of nitrogens with zero attached hydrogens (tertiary/aromatic N) is 4. The first-order valence-electron chi connectivity index (χ1n) is 16.3. The van der Waals surface area contributed by atoms with E-state index in [-0.39, 0.29) is 0 Å². The maximum Gasteiger partial charge on any atom is 0.132 e. The zero-order valence-corrected chi connectivity index (χ0v) is 26.6. The highest BCUT2D eigenvalue weighted by molar-refractivity contribution is 6.07. The van der Waals surface area contributed by atoms with Crippen molar-refractivity contribution >= 4 is 39.0 Å². The fourth-order valence-electron chi connectivity index (χ4n) is 8.14. The predicted octanol–water partition coefficient (Wildman–Crippen LogP) is 10.5. The molecule has 2 aliphatic rings. The van der Waals surface area contributed by atoms with Crippen molar-refractivity contribution in [3.63, 3.8) is 0 Å². The van der Waals surface area contributed by atoms with Crippen LogP contribution in [0.1, 0.15) is 33.4 Å². The van der Waals surface area contributed by atoms with E-state index in [4.69, 9.17) is 14.7 Å². The van der Waals surface area contributed by atoms with Crippen LogP contribution in [0.5, 0.6) is 11.5 Å². The first-order chi connectivity index (χ1) is 23.6. The minimum Gasteiger partial charge on any atom is -0.457 e. The van der Waals surface area contributed by atoms with E-state index in [1.165, 1.54) is 22.3 Å². The van der Waals surface area contributed by atoms with Gasteiger partial charge in [0.1, 0.15) is 11.5 Å². The van der Waals surface area contributed by atoms with Gasteiger partial charge in [-0.2, -0.15) is 0 Å². The molecule has 5 nitrogen and oxygen atoms in total. The van der Waals surface area contributed by atoms with Crippen LogP contribution in [0.25, 0.3) is 27.6 Å². The maximum absolute atomic E-state index is 6.60. The Hall–Kier alpha value is -6.20. The first kappa shape index (κ1) is 27.0. The van der Waals surface area contributed by atoms with Gasteiger partial charge in [0.2, 0.25) is 0 Å². The summed E-state index contributed by atoms with van der Waals surface area (Å²) in [5.74, 6) is 1.77. The summed E-state index contributed by atoms with van der Waals surface area (Å²) in [5.41, 5.74) is 13.9. The van der Waals surface area contributed by atoms with Gasteiger partial charge in [0.25, 0.3) is 0 Å². The fraction of sp³-hybridized carbons (Fsp3) is 0.0698. The molecule has 5 aromatic carbocycles. The Labute approximate surface area is 278 Å². The third kappa shape index (κ3) is 3.56. The lowest BCUT2D eigenvalue weighted by atomic mass is 9.61. The van der Waals surface area contributed by atoms with Crippen LogP contribution in [-0.2, 0) is 5.41 Å². The minimum absolute atomic E-state index is 0.589. The molecule has 10 rings (SSSR count). The Morgan fingerprint density at radius 1 is 0.562 bits per heavy atom. The van der Waals surface area contributed by atoms with Crippen LogP contribution in [0, 0.1) is 13.8 Å². The van der Waals surface area contributed by atoms with Crippen molar-refractivity contribution in [2.75, 3.05) is 4.90 Å². The normalized spacial score (nSPS) is 13.9. The van der Waals surface area contributed by atoms with E-state index in [1.807, 2.05) is 24.7 Å². The Morgan fingerprint density at radius 3 is 1.88 bits per heavy atom. The SMILES string of the molecule is Cc1ccc2c(c1)C1(c3ccccc3Oc3ccccc31)c1cc(C)ccc1N2c1cncc(-n2c3ccccc3c3ncccc32)c1. The molecule has 5 heteroatoms. The summed E-state index contributed by atoms with van der Waals surface area (Å²) < 4.78 is 8.88. The summed E-state index contributed by atoms with van der Waals surface area (Å²) in [6.07, 6.45) is 5.79. The van der Waals surface area contributed by atoms with Crippen molar-refractivity contribution in [2.24, 2.45) is 0 Å². The predicted molar refractivity (Wildman–Crippen MR) is 192 cm³/mol. The third-order valence-electron chi connectivity index (χ3n) is 10.0. The molecule has 48 heavy (non-hydrogen) atoms. The van der Waals surface area contributed by atoms with Crippen molar-refractivity contribution in [1.29, 1.82) is 0 Å². The number of rotatable bonds is 2. The molecule has 0 saturated carbocycles. The Kier molecular flexibility index (Phi) is 5.56. The minimum atomic E-state index is -0.589. The standard InChI is InChI=1S/C43H30N4O/c1-27-17-19-37-34(22-27)43(32-11-4-7-15-40(32)48-41-16-8-5-12-33(41)43)35-23-28(2)18-20-38(35)47(37)30-24-29(25-44-26-30)46-36-13-6-3-10-31(36)42-39(46)14-9-21-45-42/h3-26H,1-2H3. The molecule has 0 amide bonds. The zero-order chi connectivity index (χ0) is 32.0. The van der Waals surface area contributed by atoms with Crippen LogP contribution in [0.2, 0.25) is 0 Å². The molecule has 0 radical (unpaired) electrons. The molecule has 0 unspecified atom stereocenters. The largest absolute Gasteiger partial charge is 0.457 e. The second-order valence-corrected chi connectivity index (χ2v) is 12.8. The monoisotopic (exact) mass is 618 g/mol. The molecule has 5 heterocycles. The number of anilines is 3. The van der Waals surface area contributed by atoms with Crippen molar-refractivity contribution in [1.82, 2.24) is 14.5 Å². The summed E-state index contributed by atoms with van der Waals surface area (Å²) in [7, 11) is 0. The first-order valence-corrected chi connectivity index (χ1v) is 16.3. The average Bonchev–Trinajstić information content (AvgIpc) is 3.46. The quantitative estimate of drug-likeness (QED) is 0.193. The summed E-state index contributed by atoms with van der Waals surface area (Å²) in [6, 6.07) is 45.6. The average molecular weight is 619 g/mol. The van der Waals surface area contributed by atoms with Crippen LogP contribution in [0.15, 0.2) is 146 Å².